The van der Waals surface area contributed by atoms with E-state index < -0.39 is 18.0 Å². The van der Waals surface area contributed by atoms with Crippen molar-refractivity contribution in [3.8, 4) is 16.2 Å². The van der Waals surface area contributed by atoms with Gasteiger partial charge in [0.25, 0.3) is 0 Å². The van der Waals surface area contributed by atoms with Gasteiger partial charge in [-0.25, -0.2) is 14.4 Å². The number of urea groups is 1. The number of hydrogen-bond donors (Lipinski definition) is 3. The standard InChI is InChI=1S/C25H20ClN3O6S/c1-12-15-6-4-13(23(30)31)8-16(15)20(11-27-12)29-25(33)28-19-10-21(36-22(19)24(32)35-3)17-9-14(34-2)5-7-18(17)26/h4-11H,1-3H3,(H,30,31)(H2,28,29,33). The number of pyridine rings is 1. The van der Waals surface area contributed by atoms with E-state index in [-0.39, 0.29) is 16.1 Å². The zero-order chi connectivity index (χ0) is 26.0. The number of nitrogens with zero attached hydrogens (tertiary/aromatic N) is 1. The quantitative estimate of drug-likeness (QED) is 0.261. The molecular weight excluding hydrogens is 506 g/mol. The highest BCUT2D eigenvalue weighted by atomic mass is 35.5. The summed E-state index contributed by atoms with van der Waals surface area (Å²) in [5.41, 5.74) is 1.89. The Hall–Kier alpha value is -4.15. The van der Waals surface area contributed by atoms with Crippen LogP contribution in [0.15, 0.2) is 48.7 Å². The smallest absolute Gasteiger partial charge is 0.350 e. The second-order valence-electron chi connectivity index (χ2n) is 7.59. The first-order chi connectivity index (χ1) is 17.2. The van der Waals surface area contributed by atoms with Gasteiger partial charge in [0.2, 0.25) is 0 Å². The highest BCUT2D eigenvalue weighted by Crippen LogP contribution is 2.40. The average molecular weight is 526 g/mol. The van der Waals surface area contributed by atoms with Gasteiger partial charge in [-0.05, 0) is 43.3 Å². The molecule has 0 saturated carbocycles. The number of nitrogens with one attached hydrogen (secondary N) is 2. The average Bonchev–Trinajstić information content (AvgIpc) is 3.28. The van der Waals surface area contributed by atoms with E-state index >= 15 is 0 Å². The minimum absolute atomic E-state index is 0.0715. The lowest BCUT2D eigenvalue weighted by Crippen LogP contribution is -2.21. The Bertz CT molecular complexity index is 1520. The van der Waals surface area contributed by atoms with E-state index in [2.05, 4.69) is 15.6 Å². The third-order valence-corrected chi connectivity index (χ3v) is 6.85. The molecule has 36 heavy (non-hydrogen) atoms. The van der Waals surface area contributed by atoms with Gasteiger partial charge in [0.05, 0.1) is 37.4 Å². The largest absolute Gasteiger partial charge is 0.497 e. The van der Waals surface area contributed by atoms with Crippen molar-refractivity contribution in [2.75, 3.05) is 24.9 Å². The molecule has 184 valence electrons. The van der Waals surface area contributed by atoms with E-state index in [0.717, 1.165) is 11.3 Å². The van der Waals surface area contributed by atoms with Crippen molar-refractivity contribution < 1.29 is 29.0 Å². The first-order valence-corrected chi connectivity index (χ1v) is 11.7. The minimum atomic E-state index is -1.09. The molecule has 0 bridgehead atoms. The van der Waals surface area contributed by atoms with Gasteiger partial charge in [0.15, 0.2) is 0 Å². The summed E-state index contributed by atoms with van der Waals surface area (Å²) in [6.07, 6.45) is 1.44. The number of fused-ring (bicyclic) bond motifs is 1. The van der Waals surface area contributed by atoms with Gasteiger partial charge in [-0.1, -0.05) is 17.7 Å². The van der Waals surface area contributed by atoms with Gasteiger partial charge in [-0.2, -0.15) is 0 Å². The summed E-state index contributed by atoms with van der Waals surface area (Å²) in [7, 11) is 2.77. The first kappa shape index (κ1) is 25.0. The Balaban J connectivity index is 1.68. The number of aromatic nitrogens is 1. The maximum Gasteiger partial charge on any atom is 0.350 e. The van der Waals surface area contributed by atoms with E-state index in [0.29, 0.717) is 43.4 Å². The van der Waals surface area contributed by atoms with Gasteiger partial charge < -0.3 is 25.2 Å². The molecule has 2 amide bonds. The molecule has 0 aliphatic carbocycles. The number of carbonyl (C=O) groups is 3. The van der Waals surface area contributed by atoms with Crippen molar-refractivity contribution in [3.05, 3.63) is 69.8 Å². The molecule has 0 aliphatic heterocycles. The first-order valence-electron chi connectivity index (χ1n) is 10.5. The van der Waals surface area contributed by atoms with Crippen LogP contribution < -0.4 is 15.4 Å². The number of benzene rings is 2. The number of esters is 1. The number of carboxylic acids is 1. The zero-order valence-electron chi connectivity index (χ0n) is 19.3. The molecule has 0 atom stereocenters. The lowest BCUT2D eigenvalue weighted by molar-refractivity contribution is 0.0606. The summed E-state index contributed by atoms with van der Waals surface area (Å²) in [4.78, 5) is 41.9. The molecule has 0 radical (unpaired) electrons. The van der Waals surface area contributed by atoms with Crippen LogP contribution in [0.5, 0.6) is 5.75 Å². The molecule has 0 unspecified atom stereocenters. The van der Waals surface area contributed by atoms with Crippen LogP contribution in [0.4, 0.5) is 16.2 Å². The van der Waals surface area contributed by atoms with Crippen LogP contribution in [0.2, 0.25) is 5.02 Å². The van der Waals surface area contributed by atoms with Crippen LogP contribution in [-0.2, 0) is 4.74 Å². The number of halogens is 1. The normalized spacial score (nSPS) is 10.7. The fraction of sp³-hybridized carbons (Fsp3) is 0.120. The number of methoxy groups -OCH3 is 2. The number of thiophene rings is 1. The number of aryl methyl sites for hydroxylation is 1. The predicted molar refractivity (Wildman–Crippen MR) is 139 cm³/mol. The number of aromatic carboxylic acids is 1. The molecule has 2 aromatic heterocycles. The van der Waals surface area contributed by atoms with Gasteiger partial charge in [0.1, 0.15) is 10.6 Å². The van der Waals surface area contributed by atoms with Crippen molar-refractivity contribution in [1.82, 2.24) is 4.98 Å². The monoisotopic (exact) mass is 525 g/mol. The summed E-state index contributed by atoms with van der Waals surface area (Å²) < 4.78 is 10.2. The predicted octanol–water partition coefficient (Wildman–Crippen LogP) is 6.06. The van der Waals surface area contributed by atoms with E-state index in [4.69, 9.17) is 21.1 Å². The van der Waals surface area contributed by atoms with Gasteiger partial charge in [0, 0.05) is 31.9 Å². The van der Waals surface area contributed by atoms with Crippen LogP contribution >= 0.6 is 22.9 Å². The molecule has 4 rings (SSSR count). The number of anilines is 2. The lowest BCUT2D eigenvalue weighted by Gasteiger charge is -2.12. The molecule has 0 aliphatic rings. The van der Waals surface area contributed by atoms with Crippen molar-refractivity contribution >= 4 is 63.1 Å². The third kappa shape index (κ3) is 4.95. The highest BCUT2D eigenvalue weighted by Gasteiger charge is 2.21. The summed E-state index contributed by atoms with van der Waals surface area (Å²) in [6.45, 7) is 1.78. The highest BCUT2D eigenvalue weighted by molar-refractivity contribution is 7.18. The van der Waals surface area contributed by atoms with Crippen LogP contribution in [0.1, 0.15) is 25.7 Å². The van der Waals surface area contributed by atoms with Crippen LogP contribution in [0.25, 0.3) is 21.2 Å². The number of carbonyl (C=O) groups excluding carboxylic acids is 2. The maximum atomic E-state index is 12.9. The number of ether oxygens (including phenoxy) is 2. The zero-order valence-corrected chi connectivity index (χ0v) is 20.9. The molecule has 2 aromatic carbocycles. The Kier molecular flexibility index (Phi) is 7.09. The van der Waals surface area contributed by atoms with Crippen molar-refractivity contribution in [3.63, 3.8) is 0 Å². The number of amides is 2. The molecule has 4 aromatic rings. The van der Waals surface area contributed by atoms with Gasteiger partial charge in [-0.3, -0.25) is 4.98 Å². The molecule has 9 nitrogen and oxygen atoms in total. The fourth-order valence-corrected chi connectivity index (χ4v) is 4.91. The molecule has 0 fully saturated rings. The molecule has 3 N–H and O–H groups in total. The number of rotatable bonds is 6. The Labute approximate surface area is 214 Å². The summed E-state index contributed by atoms with van der Waals surface area (Å²) >= 11 is 7.47. The maximum absolute atomic E-state index is 12.9. The summed E-state index contributed by atoms with van der Waals surface area (Å²) in [5, 5.41) is 16.4. The van der Waals surface area contributed by atoms with E-state index in [9.17, 15) is 19.5 Å². The van der Waals surface area contributed by atoms with E-state index in [1.807, 2.05) is 0 Å². The van der Waals surface area contributed by atoms with Crippen LogP contribution in [0, 0.1) is 6.92 Å². The Morgan fingerprint density at radius 2 is 1.75 bits per heavy atom. The second kappa shape index (κ2) is 10.2. The second-order valence-corrected chi connectivity index (χ2v) is 9.05. The topological polar surface area (TPSA) is 127 Å². The molecule has 2 heterocycles. The van der Waals surface area contributed by atoms with E-state index in [1.165, 1.54) is 32.5 Å². The van der Waals surface area contributed by atoms with Gasteiger partial charge in [-0.15, -0.1) is 11.3 Å². The van der Waals surface area contributed by atoms with E-state index in [1.54, 1.807) is 37.3 Å². The number of hydrogen-bond acceptors (Lipinski definition) is 7. The third-order valence-electron chi connectivity index (χ3n) is 5.37. The van der Waals surface area contributed by atoms with Crippen molar-refractivity contribution in [2.45, 2.75) is 6.92 Å². The molecular formula is C25H20ClN3O6S. The van der Waals surface area contributed by atoms with Gasteiger partial charge >= 0.3 is 18.0 Å². The van der Waals surface area contributed by atoms with Crippen molar-refractivity contribution in [2.24, 2.45) is 0 Å². The fourth-order valence-electron chi connectivity index (χ4n) is 3.57. The molecule has 11 heteroatoms. The summed E-state index contributed by atoms with van der Waals surface area (Å²) in [6, 6.07) is 10.7. The lowest BCUT2D eigenvalue weighted by atomic mass is 10.1. The van der Waals surface area contributed by atoms with Crippen LogP contribution in [-0.4, -0.2) is 42.3 Å². The number of carboxylic acid groups (broad SMARTS) is 1. The minimum Gasteiger partial charge on any atom is -0.497 e. The van der Waals surface area contributed by atoms with Crippen LogP contribution in [0.3, 0.4) is 0 Å². The summed E-state index contributed by atoms with van der Waals surface area (Å²) in [5.74, 6) is -1.14. The SMILES string of the molecule is COC(=O)c1sc(-c2cc(OC)ccc2Cl)cc1NC(=O)Nc1cnc(C)c2ccc(C(=O)O)cc12. The molecule has 0 saturated heterocycles. The molecule has 0 spiro atoms. The van der Waals surface area contributed by atoms with Crippen molar-refractivity contribution in [1.29, 1.82) is 0 Å². The Morgan fingerprint density at radius 3 is 2.44 bits per heavy atom. The Morgan fingerprint density at radius 1 is 1.00 bits per heavy atom.